The minimum absolute atomic E-state index is 0.153. The highest BCUT2D eigenvalue weighted by atomic mass is 35.5. The number of benzene rings is 2. The van der Waals surface area contributed by atoms with Crippen molar-refractivity contribution in [1.82, 2.24) is 4.90 Å². The maximum absolute atomic E-state index is 12.0. The zero-order valence-electron chi connectivity index (χ0n) is 15.3. The fraction of sp³-hybridized carbons (Fsp3) is 0.286. The molecule has 0 N–H and O–H groups in total. The molecule has 0 saturated heterocycles. The highest BCUT2D eigenvalue weighted by molar-refractivity contribution is 7.10. The van der Waals surface area contributed by atoms with E-state index >= 15 is 0 Å². The number of fused-ring (bicyclic) bond motifs is 1. The Bertz CT molecular complexity index is 877. The predicted molar refractivity (Wildman–Crippen MR) is 111 cm³/mol. The van der Waals surface area contributed by atoms with E-state index in [9.17, 15) is 4.79 Å². The van der Waals surface area contributed by atoms with Crippen LogP contribution in [0.15, 0.2) is 60.0 Å². The highest BCUT2D eigenvalue weighted by Gasteiger charge is 2.19. The lowest BCUT2D eigenvalue weighted by Gasteiger charge is -2.23. The van der Waals surface area contributed by atoms with E-state index in [0.717, 1.165) is 21.4 Å². The molecule has 1 heterocycles. The van der Waals surface area contributed by atoms with Crippen LogP contribution in [0.1, 0.15) is 24.3 Å². The number of rotatable bonds is 7. The van der Waals surface area contributed by atoms with Crippen molar-refractivity contribution >= 4 is 39.8 Å². The number of amides is 1. The van der Waals surface area contributed by atoms with Crippen molar-refractivity contribution < 1.29 is 14.3 Å². The van der Waals surface area contributed by atoms with Gasteiger partial charge in [-0.3, -0.25) is 0 Å². The zero-order valence-corrected chi connectivity index (χ0v) is 16.9. The minimum atomic E-state index is -0.653. The quantitative estimate of drug-likeness (QED) is 0.450. The molecule has 3 rings (SSSR count). The van der Waals surface area contributed by atoms with E-state index in [4.69, 9.17) is 21.1 Å². The van der Waals surface area contributed by atoms with Gasteiger partial charge < -0.3 is 14.4 Å². The van der Waals surface area contributed by atoms with Crippen LogP contribution in [0.25, 0.3) is 10.8 Å². The largest absolute Gasteiger partial charge is 0.484 e. The van der Waals surface area contributed by atoms with Crippen molar-refractivity contribution in [2.75, 3.05) is 13.6 Å². The molecule has 1 aromatic heterocycles. The Kier molecular flexibility index (Phi) is 6.58. The highest BCUT2D eigenvalue weighted by Crippen LogP contribution is 2.32. The van der Waals surface area contributed by atoms with E-state index in [-0.39, 0.29) is 6.10 Å². The normalized spacial score (nSPS) is 13.1. The van der Waals surface area contributed by atoms with Crippen molar-refractivity contribution in [2.45, 2.75) is 25.0 Å². The molecule has 142 valence electrons. The number of ether oxygens (including phenoxy) is 2. The molecule has 0 saturated carbocycles. The molecule has 0 aliphatic rings. The Morgan fingerprint density at radius 1 is 1.15 bits per heavy atom. The summed E-state index contributed by atoms with van der Waals surface area (Å²) in [6.45, 7) is 2.11. The number of carbonyl (C=O) groups is 1. The van der Waals surface area contributed by atoms with Crippen molar-refractivity contribution in [3.05, 3.63) is 64.9 Å². The fourth-order valence-electron chi connectivity index (χ4n) is 2.82. The van der Waals surface area contributed by atoms with Gasteiger partial charge in [0, 0.05) is 30.3 Å². The molecule has 2 atom stereocenters. The summed E-state index contributed by atoms with van der Waals surface area (Å²) >= 11 is 7.38. The molecule has 4 nitrogen and oxygen atoms in total. The van der Waals surface area contributed by atoms with Crippen molar-refractivity contribution in [2.24, 2.45) is 0 Å². The van der Waals surface area contributed by atoms with Crippen LogP contribution in [-0.4, -0.2) is 30.1 Å². The Labute approximate surface area is 168 Å². The number of hydrogen-bond acceptors (Lipinski definition) is 4. The standard InChI is InChI=1S/C21H22ClNO3S/c1-15(22)25-21(24)23(2)13-12-19(20-11-6-14-27-20)26-18-10-5-8-16-7-3-4-9-17(16)18/h3-11,14-15,19H,12-13H2,1-2H3. The summed E-state index contributed by atoms with van der Waals surface area (Å²) in [6.07, 6.45) is 0.0542. The molecule has 0 bridgehead atoms. The first-order valence-corrected chi connectivity index (χ1v) is 10.1. The smallest absolute Gasteiger partial charge is 0.410 e. The third-order valence-electron chi connectivity index (χ3n) is 4.18. The number of hydrogen-bond donors (Lipinski definition) is 0. The van der Waals surface area contributed by atoms with E-state index in [1.54, 1.807) is 25.3 Å². The van der Waals surface area contributed by atoms with E-state index in [1.165, 1.54) is 4.90 Å². The molecule has 0 aliphatic heterocycles. The molecular weight excluding hydrogens is 382 g/mol. The molecule has 0 aliphatic carbocycles. The van der Waals surface area contributed by atoms with Crippen LogP contribution >= 0.6 is 22.9 Å². The number of halogens is 1. The van der Waals surface area contributed by atoms with Crippen LogP contribution < -0.4 is 4.74 Å². The summed E-state index contributed by atoms with van der Waals surface area (Å²) in [5.74, 6) is 0.839. The third kappa shape index (κ3) is 5.15. The van der Waals surface area contributed by atoms with Crippen LogP contribution in [0.3, 0.4) is 0 Å². The van der Waals surface area contributed by atoms with E-state index in [0.29, 0.717) is 13.0 Å². The van der Waals surface area contributed by atoms with E-state index in [1.807, 2.05) is 35.7 Å². The monoisotopic (exact) mass is 403 g/mol. The van der Waals surface area contributed by atoms with Gasteiger partial charge in [-0.1, -0.05) is 54.1 Å². The number of nitrogens with zero attached hydrogens (tertiary/aromatic N) is 1. The lowest BCUT2D eigenvalue weighted by Crippen LogP contribution is -2.31. The summed E-state index contributed by atoms with van der Waals surface area (Å²) < 4.78 is 11.4. The summed E-state index contributed by atoms with van der Waals surface area (Å²) in [4.78, 5) is 14.6. The molecule has 0 spiro atoms. The second-order valence-electron chi connectivity index (χ2n) is 6.24. The predicted octanol–water partition coefficient (Wildman–Crippen LogP) is 6.06. The lowest BCUT2D eigenvalue weighted by atomic mass is 10.1. The van der Waals surface area contributed by atoms with Crippen LogP contribution in [0.2, 0.25) is 0 Å². The van der Waals surface area contributed by atoms with Crippen LogP contribution in [-0.2, 0) is 4.74 Å². The van der Waals surface area contributed by atoms with Gasteiger partial charge >= 0.3 is 6.09 Å². The van der Waals surface area contributed by atoms with Crippen LogP contribution in [0.5, 0.6) is 5.75 Å². The third-order valence-corrected chi connectivity index (χ3v) is 5.23. The Morgan fingerprint density at radius 3 is 2.67 bits per heavy atom. The van der Waals surface area contributed by atoms with Gasteiger partial charge in [-0.2, -0.15) is 0 Å². The van der Waals surface area contributed by atoms with Crippen molar-refractivity contribution in [3.8, 4) is 5.75 Å². The average molecular weight is 404 g/mol. The number of carbonyl (C=O) groups excluding carboxylic acids is 1. The van der Waals surface area contributed by atoms with Crippen LogP contribution in [0, 0.1) is 0 Å². The number of alkyl halides is 1. The Balaban J connectivity index is 1.75. The summed E-state index contributed by atoms with van der Waals surface area (Å²) in [7, 11) is 1.70. The van der Waals surface area contributed by atoms with Crippen molar-refractivity contribution in [1.29, 1.82) is 0 Å². The Morgan fingerprint density at radius 2 is 1.93 bits per heavy atom. The minimum Gasteiger partial charge on any atom is -0.484 e. The second kappa shape index (κ2) is 9.11. The SMILES string of the molecule is CC(Cl)OC(=O)N(C)CCC(Oc1cccc2ccccc12)c1cccs1. The van der Waals surface area contributed by atoms with Gasteiger partial charge in [0.1, 0.15) is 11.9 Å². The summed E-state index contributed by atoms with van der Waals surface area (Å²) in [6, 6.07) is 18.3. The molecule has 3 aromatic rings. The van der Waals surface area contributed by atoms with Gasteiger partial charge in [-0.05, 0) is 29.8 Å². The molecule has 2 aromatic carbocycles. The van der Waals surface area contributed by atoms with Gasteiger partial charge in [0.15, 0.2) is 5.56 Å². The topological polar surface area (TPSA) is 38.8 Å². The van der Waals surface area contributed by atoms with E-state index < -0.39 is 11.7 Å². The molecule has 1 amide bonds. The average Bonchev–Trinajstić information content (AvgIpc) is 3.19. The van der Waals surface area contributed by atoms with Gasteiger partial charge in [0.25, 0.3) is 0 Å². The second-order valence-corrected chi connectivity index (χ2v) is 7.83. The first kappa shape index (κ1) is 19.5. The van der Waals surface area contributed by atoms with Gasteiger partial charge in [-0.15, -0.1) is 11.3 Å². The number of thiophene rings is 1. The van der Waals surface area contributed by atoms with Gasteiger partial charge in [0.2, 0.25) is 0 Å². The van der Waals surface area contributed by atoms with Gasteiger partial charge in [0.05, 0.1) is 0 Å². The maximum Gasteiger partial charge on any atom is 0.410 e. The zero-order chi connectivity index (χ0) is 19.2. The first-order chi connectivity index (χ1) is 13.0. The van der Waals surface area contributed by atoms with Crippen LogP contribution in [0.4, 0.5) is 4.79 Å². The molecule has 2 unspecified atom stereocenters. The molecule has 27 heavy (non-hydrogen) atoms. The van der Waals surface area contributed by atoms with Crippen molar-refractivity contribution in [3.63, 3.8) is 0 Å². The maximum atomic E-state index is 12.0. The molecular formula is C21H22ClNO3S. The van der Waals surface area contributed by atoms with E-state index in [2.05, 4.69) is 24.3 Å². The first-order valence-electron chi connectivity index (χ1n) is 8.78. The lowest BCUT2D eigenvalue weighted by molar-refractivity contribution is 0.0979. The fourth-order valence-corrected chi connectivity index (χ4v) is 3.68. The molecule has 0 fully saturated rings. The molecule has 6 heteroatoms. The molecule has 0 radical (unpaired) electrons. The Hall–Kier alpha value is -2.24. The van der Waals surface area contributed by atoms with Gasteiger partial charge in [-0.25, -0.2) is 4.79 Å². The summed E-state index contributed by atoms with van der Waals surface area (Å²) in [5, 5.41) is 4.24. The summed E-state index contributed by atoms with van der Waals surface area (Å²) in [5.41, 5.74) is -0.653.